The molecule has 0 atom stereocenters. The average Bonchev–Trinajstić information content (AvgIpc) is 2.43. The Hall–Kier alpha value is -1.31. The van der Waals surface area contributed by atoms with Crippen molar-refractivity contribution in [1.29, 1.82) is 0 Å². The van der Waals surface area contributed by atoms with Crippen molar-refractivity contribution in [3.8, 4) is 11.5 Å². The maximum atomic E-state index is 12.3. The minimum atomic E-state index is -3.64. The Balaban J connectivity index is 3.03. The maximum absolute atomic E-state index is 12.3. The molecule has 7 heteroatoms. The summed E-state index contributed by atoms with van der Waals surface area (Å²) in [7, 11) is 0.861. The van der Waals surface area contributed by atoms with Crippen LogP contribution in [0.2, 0.25) is 0 Å². The van der Waals surface area contributed by atoms with E-state index in [4.69, 9.17) is 14.2 Å². The van der Waals surface area contributed by atoms with Gasteiger partial charge >= 0.3 is 0 Å². The number of ether oxygens (including phenoxy) is 3. The van der Waals surface area contributed by atoms with E-state index in [1.54, 1.807) is 13.2 Å². The van der Waals surface area contributed by atoms with Crippen molar-refractivity contribution < 1.29 is 22.6 Å². The van der Waals surface area contributed by atoms with Gasteiger partial charge < -0.3 is 14.2 Å². The Bertz CT molecular complexity index is 542. The lowest BCUT2D eigenvalue weighted by molar-refractivity contribution is 0.196. The summed E-state index contributed by atoms with van der Waals surface area (Å²) < 4.78 is 42.2. The molecule has 0 spiro atoms. The largest absolute Gasteiger partial charge is 0.496 e. The molecule has 20 heavy (non-hydrogen) atoms. The van der Waals surface area contributed by atoms with E-state index in [-0.39, 0.29) is 4.90 Å². The SMILES string of the molecule is COCCCNS(=O)(=O)c1cc(OC)c(C)cc1OC. The van der Waals surface area contributed by atoms with Crippen LogP contribution in [-0.4, -0.2) is 42.9 Å². The van der Waals surface area contributed by atoms with Crippen LogP contribution in [0.25, 0.3) is 0 Å². The molecule has 0 saturated heterocycles. The molecule has 1 aromatic rings. The smallest absolute Gasteiger partial charge is 0.244 e. The lowest BCUT2D eigenvalue weighted by Gasteiger charge is -2.14. The summed E-state index contributed by atoms with van der Waals surface area (Å²) in [5.74, 6) is 0.797. The summed E-state index contributed by atoms with van der Waals surface area (Å²) in [6.07, 6.45) is 0.598. The molecule has 0 fully saturated rings. The third-order valence-electron chi connectivity index (χ3n) is 2.79. The maximum Gasteiger partial charge on any atom is 0.244 e. The Labute approximate surface area is 120 Å². The van der Waals surface area contributed by atoms with E-state index in [2.05, 4.69) is 4.72 Å². The van der Waals surface area contributed by atoms with Gasteiger partial charge in [0.05, 0.1) is 14.2 Å². The number of hydrogen-bond donors (Lipinski definition) is 1. The van der Waals surface area contributed by atoms with E-state index in [1.807, 2.05) is 6.92 Å². The molecule has 0 aliphatic rings. The van der Waals surface area contributed by atoms with Crippen molar-refractivity contribution in [2.45, 2.75) is 18.2 Å². The van der Waals surface area contributed by atoms with Gasteiger partial charge in [0.15, 0.2) is 0 Å². The van der Waals surface area contributed by atoms with Gasteiger partial charge in [0, 0.05) is 26.3 Å². The molecule has 0 heterocycles. The number of nitrogens with one attached hydrogen (secondary N) is 1. The predicted molar refractivity (Wildman–Crippen MR) is 76.0 cm³/mol. The molecule has 1 rings (SSSR count). The Morgan fingerprint density at radius 1 is 1.10 bits per heavy atom. The van der Waals surface area contributed by atoms with Crippen molar-refractivity contribution in [2.75, 3.05) is 34.5 Å². The number of rotatable bonds is 8. The zero-order chi connectivity index (χ0) is 15.2. The Kier molecular flexibility index (Phi) is 6.25. The van der Waals surface area contributed by atoms with E-state index < -0.39 is 10.0 Å². The molecule has 1 aromatic carbocycles. The van der Waals surface area contributed by atoms with Crippen LogP contribution in [0.4, 0.5) is 0 Å². The standard InChI is InChI=1S/C13H21NO5S/c1-10-8-12(19-4)13(9-11(10)18-3)20(15,16)14-6-5-7-17-2/h8-9,14H,5-7H2,1-4H3. The summed E-state index contributed by atoms with van der Waals surface area (Å²) in [5, 5.41) is 0. The van der Waals surface area contributed by atoms with E-state index in [0.717, 1.165) is 5.56 Å². The monoisotopic (exact) mass is 303 g/mol. The summed E-state index contributed by atoms with van der Waals surface area (Å²) >= 11 is 0. The zero-order valence-electron chi connectivity index (χ0n) is 12.2. The number of benzene rings is 1. The molecule has 0 saturated carbocycles. The van der Waals surface area contributed by atoms with Gasteiger partial charge in [-0.05, 0) is 25.0 Å². The molecule has 0 unspecified atom stereocenters. The molecule has 114 valence electrons. The minimum Gasteiger partial charge on any atom is -0.496 e. The predicted octanol–water partition coefficient (Wildman–Crippen LogP) is 1.33. The van der Waals surface area contributed by atoms with Gasteiger partial charge in [0.25, 0.3) is 0 Å². The van der Waals surface area contributed by atoms with Gasteiger partial charge in [-0.3, -0.25) is 0 Å². The lowest BCUT2D eigenvalue weighted by atomic mass is 10.2. The molecule has 0 radical (unpaired) electrons. The summed E-state index contributed by atoms with van der Waals surface area (Å²) in [6, 6.07) is 3.11. The Morgan fingerprint density at radius 3 is 2.30 bits per heavy atom. The van der Waals surface area contributed by atoms with Gasteiger partial charge in [-0.1, -0.05) is 0 Å². The molecule has 0 aromatic heterocycles. The third kappa shape index (κ3) is 4.09. The van der Waals surface area contributed by atoms with Gasteiger partial charge in [0.1, 0.15) is 16.4 Å². The van der Waals surface area contributed by atoms with Gasteiger partial charge in [0.2, 0.25) is 10.0 Å². The van der Waals surface area contributed by atoms with Crippen LogP contribution in [0.5, 0.6) is 11.5 Å². The number of hydrogen-bond acceptors (Lipinski definition) is 5. The van der Waals surface area contributed by atoms with Crippen LogP contribution in [-0.2, 0) is 14.8 Å². The highest BCUT2D eigenvalue weighted by atomic mass is 32.2. The first kappa shape index (κ1) is 16.7. The highest BCUT2D eigenvalue weighted by Crippen LogP contribution is 2.31. The number of methoxy groups -OCH3 is 3. The molecule has 0 bridgehead atoms. The highest BCUT2D eigenvalue weighted by molar-refractivity contribution is 7.89. The van der Waals surface area contributed by atoms with E-state index in [0.29, 0.717) is 31.1 Å². The number of sulfonamides is 1. The van der Waals surface area contributed by atoms with Crippen LogP contribution < -0.4 is 14.2 Å². The van der Waals surface area contributed by atoms with Gasteiger partial charge in [-0.25, -0.2) is 13.1 Å². The fourth-order valence-corrected chi connectivity index (χ4v) is 2.97. The molecular formula is C13H21NO5S. The molecular weight excluding hydrogens is 282 g/mol. The van der Waals surface area contributed by atoms with Crippen molar-refractivity contribution in [3.05, 3.63) is 17.7 Å². The second-order valence-corrected chi connectivity index (χ2v) is 5.95. The van der Waals surface area contributed by atoms with Crippen molar-refractivity contribution in [2.24, 2.45) is 0 Å². The van der Waals surface area contributed by atoms with E-state index in [1.165, 1.54) is 20.3 Å². The minimum absolute atomic E-state index is 0.0693. The summed E-state index contributed by atoms with van der Waals surface area (Å²) in [5.41, 5.74) is 0.808. The quantitative estimate of drug-likeness (QED) is 0.733. The van der Waals surface area contributed by atoms with Crippen molar-refractivity contribution in [3.63, 3.8) is 0 Å². The molecule has 0 amide bonds. The molecule has 0 aliphatic heterocycles. The topological polar surface area (TPSA) is 73.9 Å². The fourth-order valence-electron chi connectivity index (χ4n) is 1.73. The van der Waals surface area contributed by atoms with Crippen LogP contribution in [0.1, 0.15) is 12.0 Å². The first-order valence-electron chi connectivity index (χ1n) is 6.17. The number of aryl methyl sites for hydroxylation is 1. The van der Waals surface area contributed by atoms with Gasteiger partial charge in [-0.15, -0.1) is 0 Å². The summed E-state index contributed by atoms with van der Waals surface area (Å²) in [6.45, 7) is 2.62. The van der Waals surface area contributed by atoms with E-state index >= 15 is 0 Å². The normalized spacial score (nSPS) is 11.4. The van der Waals surface area contributed by atoms with E-state index in [9.17, 15) is 8.42 Å². The van der Waals surface area contributed by atoms with Crippen LogP contribution in [0.3, 0.4) is 0 Å². The first-order valence-corrected chi connectivity index (χ1v) is 7.65. The van der Waals surface area contributed by atoms with Crippen LogP contribution in [0.15, 0.2) is 17.0 Å². The summed E-state index contributed by atoms with van der Waals surface area (Å²) in [4.78, 5) is 0.0693. The third-order valence-corrected chi connectivity index (χ3v) is 4.27. The Morgan fingerprint density at radius 2 is 1.75 bits per heavy atom. The van der Waals surface area contributed by atoms with Crippen molar-refractivity contribution in [1.82, 2.24) is 4.72 Å². The zero-order valence-corrected chi connectivity index (χ0v) is 13.0. The fraction of sp³-hybridized carbons (Fsp3) is 0.538. The lowest BCUT2D eigenvalue weighted by Crippen LogP contribution is -2.26. The second-order valence-electron chi connectivity index (χ2n) is 4.22. The first-order chi connectivity index (χ1) is 9.46. The molecule has 1 N–H and O–H groups in total. The molecule has 0 aliphatic carbocycles. The van der Waals surface area contributed by atoms with Gasteiger partial charge in [-0.2, -0.15) is 0 Å². The second kappa shape index (κ2) is 7.47. The van der Waals surface area contributed by atoms with Crippen LogP contribution >= 0.6 is 0 Å². The molecule has 6 nitrogen and oxygen atoms in total. The highest BCUT2D eigenvalue weighted by Gasteiger charge is 2.21. The van der Waals surface area contributed by atoms with Crippen LogP contribution in [0, 0.1) is 6.92 Å². The van der Waals surface area contributed by atoms with Crippen molar-refractivity contribution >= 4 is 10.0 Å². The average molecular weight is 303 g/mol.